The van der Waals surface area contributed by atoms with Crippen molar-refractivity contribution < 1.29 is 19.1 Å². The fourth-order valence-corrected chi connectivity index (χ4v) is 3.84. The van der Waals surface area contributed by atoms with Gasteiger partial charge in [-0.05, 0) is 49.9 Å². The number of nitrogens with zero attached hydrogens (tertiary/aromatic N) is 3. The van der Waals surface area contributed by atoms with Crippen molar-refractivity contribution in [2.24, 2.45) is 0 Å². The molecule has 1 atom stereocenters. The highest BCUT2D eigenvalue weighted by Gasteiger charge is 2.32. The summed E-state index contributed by atoms with van der Waals surface area (Å²) in [4.78, 5) is 31.7. The van der Waals surface area contributed by atoms with Gasteiger partial charge in [-0.25, -0.2) is 4.98 Å². The normalized spacial score (nSPS) is 15.8. The summed E-state index contributed by atoms with van der Waals surface area (Å²) in [5.74, 6) is 0.334. The van der Waals surface area contributed by atoms with E-state index in [0.29, 0.717) is 23.7 Å². The SMILES string of the molecule is COC(C)(C)CCc1ccc2c(c1)N(C)C(=O)C(NC(=O)c1n[nH]c(Cc3ccccc3)n1)CO2. The maximum atomic E-state index is 13.2. The molecule has 2 N–H and O–H groups in total. The number of rotatable bonds is 8. The first kappa shape index (κ1) is 24.4. The highest BCUT2D eigenvalue weighted by atomic mass is 16.5. The Morgan fingerprint density at radius 3 is 2.74 bits per heavy atom. The number of aryl methyl sites for hydroxylation is 1. The van der Waals surface area contributed by atoms with Gasteiger partial charge < -0.3 is 19.7 Å². The van der Waals surface area contributed by atoms with Gasteiger partial charge in [-0.3, -0.25) is 14.7 Å². The Bertz CT molecular complexity index is 1190. The predicted molar refractivity (Wildman–Crippen MR) is 132 cm³/mol. The number of H-pyrrole nitrogens is 1. The molecule has 0 bridgehead atoms. The third-order valence-electron chi connectivity index (χ3n) is 6.24. The van der Waals surface area contributed by atoms with Crippen LogP contribution < -0.4 is 15.0 Å². The van der Waals surface area contributed by atoms with Crippen molar-refractivity contribution in [2.45, 2.75) is 44.8 Å². The largest absolute Gasteiger partial charge is 0.489 e. The molecular weight excluding hydrogens is 446 g/mol. The van der Waals surface area contributed by atoms with E-state index in [0.717, 1.165) is 24.0 Å². The number of carbonyl (C=O) groups is 2. The monoisotopic (exact) mass is 477 g/mol. The van der Waals surface area contributed by atoms with Crippen LogP contribution in [0.1, 0.15) is 47.8 Å². The number of anilines is 1. The number of nitrogens with one attached hydrogen (secondary N) is 2. The first-order valence-corrected chi connectivity index (χ1v) is 11.6. The Balaban J connectivity index is 1.42. The molecular formula is C26H31N5O4. The molecule has 2 amide bonds. The average Bonchev–Trinajstić information content (AvgIpc) is 3.29. The number of aromatic amines is 1. The number of likely N-dealkylation sites (N-methyl/N-ethyl adjacent to an activating group) is 1. The lowest BCUT2D eigenvalue weighted by Gasteiger charge is -2.23. The standard InChI is InChI=1S/C26H31N5O4/c1-26(2,34-4)13-12-18-10-11-21-20(14-18)31(3)25(33)19(16-35-21)27-24(32)23-28-22(29-30-23)15-17-8-6-5-7-9-17/h5-11,14,19H,12-13,15-16H2,1-4H3,(H,27,32)(H,28,29,30). The van der Waals surface area contributed by atoms with E-state index in [1.54, 1.807) is 14.2 Å². The lowest BCUT2D eigenvalue weighted by molar-refractivity contribution is -0.120. The topological polar surface area (TPSA) is 109 Å². The molecule has 9 nitrogen and oxygen atoms in total. The summed E-state index contributed by atoms with van der Waals surface area (Å²) in [6, 6.07) is 14.7. The lowest BCUT2D eigenvalue weighted by atomic mass is 9.98. The van der Waals surface area contributed by atoms with Crippen LogP contribution in [-0.4, -0.2) is 59.4 Å². The third kappa shape index (κ3) is 5.86. The molecule has 3 aromatic rings. The molecule has 0 saturated heterocycles. The van der Waals surface area contributed by atoms with Crippen molar-refractivity contribution in [1.82, 2.24) is 20.5 Å². The lowest BCUT2D eigenvalue weighted by Crippen LogP contribution is -2.49. The van der Waals surface area contributed by atoms with Crippen molar-refractivity contribution in [2.75, 3.05) is 25.7 Å². The minimum Gasteiger partial charge on any atom is -0.489 e. The van der Waals surface area contributed by atoms with E-state index >= 15 is 0 Å². The van der Waals surface area contributed by atoms with Crippen LogP contribution in [0.4, 0.5) is 5.69 Å². The van der Waals surface area contributed by atoms with Gasteiger partial charge in [0.2, 0.25) is 5.82 Å². The number of methoxy groups -OCH3 is 1. The number of benzene rings is 2. The number of hydrogen-bond acceptors (Lipinski definition) is 6. The van der Waals surface area contributed by atoms with Crippen molar-refractivity contribution in [3.8, 4) is 5.75 Å². The maximum absolute atomic E-state index is 13.2. The van der Waals surface area contributed by atoms with Gasteiger partial charge in [0.1, 0.15) is 24.2 Å². The summed E-state index contributed by atoms with van der Waals surface area (Å²) < 4.78 is 11.4. The van der Waals surface area contributed by atoms with Crippen LogP contribution in [0.15, 0.2) is 48.5 Å². The highest BCUT2D eigenvalue weighted by Crippen LogP contribution is 2.32. The highest BCUT2D eigenvalue weighted by molar-refractivity contribution is 6.02. The van der Waals surface area contributed by atoms with E-state index in [1.165, 1.54) is 4.90 Å². The number of fused-ring (bicyclic) bond motifs is 1. The predicted octanol–water partition coefficient (Wildman–Crippen LogP) is 2.91. The molecule has 0 fully saturated rings. The summed E-state index contributed by atoms with van der Waals surface area (Å²) in [5, 5.41) is 9.53. The molecule has 0 saturated carbocycles. The zero-order chi connectivity index (χ0) is 25.0. The number of carbonyl (C=O) groups excluding carboxylic acids is 2. The summed E-state index contributed by atoms with van der Waals surface area (Å²) in [6.45, 7) is 4.10. The van der Waals surface area contributed by atoms with E-state index in [2.05, 4.69) is 20.5 Å². The minimum absolute atomic E-state index is 0.0132. The molecule has 2 aromatic carbocycles. The number of ether oxygens (including phenoxy) is 2. The smallest absolute Gasteiger partial charge is 0.291 e. The molecule has 1 unspecified atom stereocenters. The van der Waals surface area contributed by atoms with E-state index in [1.807, 2.05) is 62.4 Å². The summed E-state index contributed by atoms with van der Waals surface area (Å²) >= 11 is 0. The van der Waals surface area contributed by atoms with Crippen molar-refractivity contribution in [1.29, 1.82) is 0 Å². The van der Waals surface area contributed by atoms with Crippen molar-refractivity contribution in [3.05, 3.63) is 71.3 Å². The molecule has 184 valence electrons. The molecule has 9 heteroatoms. The van der Waals surface area contributed by atoms with Crippen LogP contribution in [0.25, 0.3) is 0 Å². The van der Waals surface area contributed by atoms with E-state index < -0.39 is 11.9 Å². The van der Waals surface area contributed by atoms with Crippen molar-refractivity contribution in [3.63, 3.8) is 0 Å². The molecule has 0 aliphatic carbocycles. The van der Waals surface area contributed by atoms with Gasteiger partial charge in [-0.15, -0.1) is 5.10 Å². The quantitative estimate of drug-likeness (QED) is 0.516. The Kier molecular flexibility index (Phi) is 7.16. The second-order valence-corrected chi connectivity index (χ2v) is 9.27. The maximum Gasteiger partial charge on any atom is 0.291 e. The summed E-state index contributed by atoms with van der Waals surface area (Å²) in [6.07, 6.45) is 2.16. The molecule has 4 rings (SSSR count). The van der Waals surface area contributed by atoms with Gasteiger partial charge in [0.25, 0.3) is 11.8 Å². The van der Waals surface area contributed by atoms with Crippen LogP contribution in [0, 0.1) is 0 Å². The average molecular weight is 478 g/mol. The summed E-state index contributed by atoms with van der Waals surface area (Å²) in [5.41, 5.74) is 2.56. The molecule has 35 heavy (non-hydrogen) atoms. The number of aromatic nitrogens is 3. The molecule has 1 aliphatic heterocycles. The fourth-order valence-electron chi connectivity index (χ4n) is 3.84. The van der Waals surface area contributed by atoms with E-state index in [9.17, 15) is 9.59 Å². The zero-order valence-corrected chi connectivity index (χ0v) is 20.5. The number of hydrogen-bond donors (Lipinski definition) is 2. The first-order chi connectivity index (χ1) is 16.8. The van der Waals surface area contributed by atoms with Gasteiger partial charge in [0.15, 0.2) is 0 Å². The molecule has 0 spiro atoms. The van der Waals surface area contributed by atoms with E-state index in [4.69, 9.17) is 9.47 Å². The summed E-state index contributed by atoms with van der Waals surface area (Å²) in [7, 11) is 3.39. The van der Waals surface area contributed by atoms with Crippen LogP contribution in [0.5, 0.6) is 5.75 Å². The Morgan fingerprint density at radius 1 is 1.23 bits per heavy atom. The van der Waals surface area contributed by atoms with Gasteiger partial charge in [-0.2, -0.15) is 0 Å². The molecule has 0 radical (unpaired) electrons. The van der Waals surface area contributed by atoms with Gasteiger partial charge in [0.05, 0.1) is 11.3 Å². The van der Waals surface area contributed by atoms with Crippen LogP contribution >= 0.6 is 0 Å². The number of amides is 2. The third-order valence-corrected chi connectivity index (χ3v) is 6.24. The Morgan fingerprint density at radius 2 is 2.00 bits per heavy atom. The molecule has 2 heterocycles. The fraction of sp³-hybridized carbons (Fsp3) is 0.385. The van der Waals surface area contributed by atoms with E-state index in [-0.39, 0.29) is 23.9 Å². The van der Waals surface area contributed by atoms with Crippen molar-refractivity contribution >= 4 is 17.5 Å². The van der Waals surface area contributed by atoms with Gasteiger partial charge >= 0.3 is 0 Å². The van der Waals surface area contributed by atoms with Crippen LogP contribution in [0.3, 0.4) is 0 Å². The Labute approximate surface area is 204 Å². The zero-order valence-electron chi connectivity index (χ0n) is 20.5. The Hall–Kier alpha value is -3.72. The first-order valence-electron chi connectivity index (χ1n) is 11.6. The van der Waals surface area contributed by atoms with Gasteiger partial charge in [0, 0.05) is 20.6 Å². The molecule has 1 aliphatic rings. The second-order valence-electron chi connectivity index (χ2n) is 9.27. The van der Waals surface area contributed by atoms with Crippen LogP contribution in [0.2, 0.25) is 0 Å². The van der Waals surface area contributed by atoms with Crippen LogP contribution in [-0.2, 0) is 22.4 Å². The molecule has 1 aromatic heterocycles. The minimum atomic E-state index is -0.869. The second kappa shape index (κ2) is 10.3. The van der Waals surface area contributed by atoms with Gasteiger partial charge in [-0.1, -0.05) is 36.4 Å².